The Balaban J connectivity index is 1.69. The molecule has 0 spiro atoms. The maximum atomic E-state index is 11.6. The molecule has 3 heteroatoms. The van der Waals surface area contributed by atoms with Crippen LogP contribution in [0.15, 0.2) is 12.7 Å². The molecule has 1 saturated heterocycles. The normalized spacial score (nSPS) is 32.3. The summed E-state index contributed by atoms with van der Waals surface area (Å²) in [5.74, 6) is 1.99. The summed E-state index contributed by atoms with van der Waals surface area (Å²) < 4.78 is 5.17. The zero-order chi connectivity index (χ0) is 10.8. The third-order valence-electron chi connectivity index (χ3n) is 3.51. The summed E-state index contributed by atoms with van der Waals surface area (Å²) in [7, 11) is 0. The van der Waals surface area contributed by atoms with E-state index in [1.54, 1.807) is 0 Å². The predicted molar refractivity (Wildman–Crippen MR) is 58.5 cm³/mol. The molecule has 0 radical (unpaired) electrons. The van der Waals surface area contributed by atoms with Crippen molar-refractivity contribution in [3.05, 3.63) is 12.7 Å². The minimum Gasteiger partial charge on any atom is -0.449 e. The van der Waals surface area contributed by atoms with Crippen molar-refractivity contribution >= 4 is 6.09 Å². The first-order chi connectivity index (χ1) is 7.27. The number of amides is 1. The predicted octanol–water partition coefficient (Wildman–Crippen LogP) is 2.29. The first kappa shape index (κ1) is 10.5. The molecule has 1 heterocycles. The number of hydrogen-bond donors (Lipinski definition) is 0. The summed E-state index contributed by atoms with van der Waals surface area (Å²) >= 11 is 0. The smallest absolute Gasteiger partial charge is 0.409 e. The number of likely N-dealkylation sites (tertiary alicyclic amines) is 1. The van der Waals surface area contributed by atoms with Gasteiger partial charge < -0.3 is 9.64 Å². The fraction of sp³-hybridized carbons (Fsp3) is 0.750. The van der Waals surface area contributed by atoms with Gasteiger partial charge in [-0.3, -0.25) is 0 Å². The van der Waals surface area contributed by atoms with Crippen LogP contribution < -0.4 is 0 Å². The SMILES string of the molecule is C=CC1[C@H]2CN(C(=O)OCCCC)C[C@@H]12. The van der Waals surface area contributed by atoms with Gasteiger partial charge in [-0.1, -0.05) is 19.4 Å². The van der Waals surface area contributed by atoms with E-state index in [0.717, 1.165) is 25.9 Å². The van der Waals surface area contributed by atoms with Gasteiger partial charge in [0, 0.05) is 13.1 Å². The maximum absolute atomic E-state index is 11.6. The quantitative estimate of drug-likeness (QED) is 0.525. The molecule has 1 aliphatic heterocycles. The van der Waals surface area contributed by atoms with Crippen LogP contribution in [0, 0.1) is 17.8 Å². The lowest BCUT2D eigenvalue weighted by Crippen LogP contribution is -2.32. The lowest BCUT2D eigenvalue weighted by atomic mass is 10.3. The number of rotatable bonds is 4. The molecule has 2 fully saturated rings. The van der Waals surface area contributed by atoms with Crippen LogP contribution in [-0.4, -0.2) is 30.7 Å². The Bertz CT molecular complexity index is 252. The molecule has 15 heavy (non-hydrogen) atoms. The van der Waals surface area contributed by atoms with E-state index < -0.39 is 0 Å². The number of unbranched alkanes of at least 4 members (excludes halogenated alkanes) is 1. The summed E-state index contributed by atoms with van der Waals surface area (Å²) in [5.41, 5.74) is 0. The molecule has 0 aromatic heterocycles. The molecule has 3 atom stereocenters. The monoisotopic (exact) mass is 209 g/mol. The minimum atomic E-state index is -0.126. The number of hydrogen-bond acceptors (Lipinski definition) is 2. The Morgan fingerprint density at radius 2 is 2.20 bits per heavy atom. The van der Waals surface area contributed by atoms with Crippen molar-refractivity contribution in [3.8, 4) is 0 Å². The third-order valence-corrected chi connectivity index (χ3v) is 3.51. The van der Waals surface area contributed by atoms with Gasteiger partial charge in [0.2, 0.25) is 0 Å². The van der Waals surface area contributed by atoms with Crippen LogP contribution in [-0.2, 0) is 4.74 Å². The number of ether oxygens (including phenoxy) is 1. The molecule has 0 aromatic rings. The van der Waals surface area contributed by atoms with Crippen LogP contribution in [0.1, 0.15) is 19.8 Å². The van der Waals surface area contributed by atoms with Crippen molar-refractivity contribution in [2.45, 2.75) is 19.8 Å². The highest BCUT2D eigenvalue weighted by Crippen LogP contribution is 2.52. The fourth-order valence-electron chi connectivity index (χ4n) is 2.47. The average Bonchev–Trinajstić information content (AvgIpc) is 2.70. The van der Waals surface area contributed by atoms with E-state index in [9.17, 15) is 4.79 Å². The van der Waals surface area contributed by atoms with Crippen molar-refractivity contribution in [1.82, 2.24) is 4.90 Å². The standard InChI is InChI=1S/C12H19NO2/c1-3-5-6-15-12(14)13-7-10-9(4-2)11(10)8-13/h4,9-11H,2-3,5-8H2,1H3/t9?,10-,11+. The molecule has 1 saturated carbocycles. The topological polar surface area (TPSA) is 29.5 Å². The summed E-state index contributed by atoms with van der Waals surface area (Å²) in [6, 6.07) is 0. The van der Waals surface area contributed by atoms with Crippen molar-refractivity contribution in [2.24, 2.45) is 17.8 Å². The van der Waals surface area contributed by atoms with E-state index in [1.807, 2.05) is 11.0 Å². The van der Waals surface area contributed by atoms with E-state index in [2.05, 4.69) is 13.5 Å². The summed E-state index contributed by atoms with van der Waals surface area (Å²) in [6.45, 7) is 8.19. The second-order valence-electron chi connectivity index (χ2n) is 4.51. The second-order valence-corrected chi connectivity index (χ2v) is 4.51. The van der Waals surface area contributed by atoms with Gasteiger partial charge in [-0.2, -0.15) is 0 Å². The molecule has 2 rings (SSSR count). The number of nitrogens with zero attached hydrogens (tertiary/aromatic N) is 1. The highest BCUT2D eigenvalue weighted by atomic mass is 16.6. The summed E-state index contributed by atoms with van der Waals surface area (Å²) in [4.78, 5) is 13.4. The summed E-state index contributed by atoms with van der Waals surface area (Å²) in [5, 5.41) is 0. The van der Waals surface area contributed by atoms with Crippen molar-refractivity contribution in [3.63, 3.8) is 0 Å². The van der Waals surface area contributed by atoms with E-state index in [4.69, 9.17) is 4.74 Å². The molecule has 1 aliphatic carbocycles. The van der Waals surface area contributed by atoms with Crippen LogP contribution in [0.25, 0.3) is 0 Å². The molecule has 1 amide bonds. The first-order valence-electron chi connectivity index (χ1n) is 5.82. The largest absolute Gasteiger partial charge is 0.449 e. The number of piperidine rings is 1. The molecule has 84 valence electrons. The molecule has 0 N–H and O–H groups in total. The molecule has 1 unspecified atom stereocenters. The molecule has 0 bridgehead atoms. The van der Waals surface area contributed by atoms with E-state index in [1.165, 1.54) is 0 Å². The molecular weight excluding hydrogens is 190 g/mol. The van der Waals surface area contributed by atoms with Crippen molar-refractivity contribution in [2.75, 3.05) is 19.7 Å². The number of carbonyl (C=O) groups is 1. The van der Waals surface area contributed by atoms with Crippen LogP contribution in [0.4, 0.5) is 4.79 Å². The Morgan fingerprint density at radius 3 is 2.73 bits per heavy atom. The van der Waals surface area contributed by atoms with Crippen molar-refractivity contribution in [1.29, 1.82) is 0 Å². The number of fused-ring (bicyclic) bond motifs is 1. The van der Waals surface area contributed by atoms with E-state index >= 15 is 0 Å². The van der Waals surface area contributed by atoms with Gasteiger partial charge in [-0.15, -0.1) is 6.58 Å². The Labute approximate surface area is 91.1 Å². The van der Waals surface area contributed by atoms with Gasteiger partial charge >= 0.3 is 6.09 Å². The van der Waals surface area contributed by atoms with Gasteiger partial charge in [0.15, 0.2) is 0 Å². The van der Waals surface area contributed by atoms with Gasteiger partial charge in [-0.25, -0.2) is 4.79 Å². The van der Waals surface area contributed by atoms with Gasteiger partial charge in [0.05, 0.1) is 6.61 Å². The zero-order valence-corrected chi connectivity index (χ0v) is 9.32. The van der Waals surface area contributed by atoms with Crippen LogP contribution in [0.3, 0.4) is 0 Å². The highest BCUT2D eigenvalue weighted by Gasteiger charge is 2.55. The van der Waals surface area contributed by atoms with Crippen LogP contribution in [0.5, 0.6) is 0 Å². The minimum absolute atomic E-state index is 0.126. The Hall–Kier alpha value is -0.990. The van der Waals surface area contributed by atoms with Crippen LogP contribution in [0.2, 0.25) is 0 Å². The zero-order valence-electron chi connectivity index (χ0n) is 9.32. The van der Waals surface area contributed by atoms with Crippen LogP contribution >= 0.6 is 0 Å². The van der Waals surface area contributed by atoms with Crippen molar-refractivity contribution < 1.29 is 9.53 Å². The fourth-order valence-corrected chi connectivity index (χ4v) is 2.47. The summed E-state index contributed by atoms with van der Waals surface area (Å²) in [6.07, 6.45) is 3.92. The average molecular weight is 209 g/mol. The highest BCUT2D eigenvalue weighted by molar-refractivity contribution is 5.68. The lowest BCUT2D eigenvalue weighted by molar-refractivity contribution is 0.104. The number of carbonyl (C=O) groups excluding carboxylic acids is 1. The molecular formula is C12H19NO2. The molecule has 2 aliphatic rings. The number of allylic oxidation sites excluding steroid dienone is 1. The van der Waals surface area contributed by atoms with E-state index in [-0.39, 0.29) is 6.09 Å². The molecule has 0 aromatic carbocycles. The Morgan fingerprint density at radius 1 is 1.53 bits per heavy atom. The Kier molecular flexibility index (Phi) is 2.98. The van der Waals surface area contributed by atoms with E-state index in [0.29, 0.717) is 24.4 Å². The molecule has 3 nitrogen and oxygen atoms in total. The van der Waals surface area contributed by atoms with Gasteiger partial charge in [0.25, 0.3) is 0 Å². The van der Waals surface area contributed by atoms with Gasteiger partial charge in [-0.05, 0) is 24.2 Å². The first-order valence-corrected chi connectivity index (χ1v) is 5.82. The third kappa shape index (κ3) is 2.01. The lowest BCUT2D eigenvalue weighted by Gasteiger charge is -2.18. The van der Waals surface area contributed by atoms with Gasteiger partial charge in [0.1, 0.15) is 0 Å². The second kappa shape index (κ2) is 4.25. The maximum Gasteiger partial charge on any atom is 0.409 e.